The van der Waals surface area contributed by atoms with Gasteiger partial charge in [0.1, 0.15) is 6.26 Å². The molecule has 1 fully saturated rings. The van der Waals surface area contributed by atoms with Crippen LogP contribution in [0.4, 0.5) is 0 Å². The Morgan fingerprint density at radius 1 is 1.28 bits per heavy atom. The first-order chi connectivity index (χ1) is 12.0. The van der Waals surface area contributed by atoms with Crippen LogP contribution in [0.2, 0.25) is 0 Å². The van der Waals surface area contributed by atoms with E-state index < -0.39 is 0 Å². The van der Waals surface area contributed by atoms with Crippen molar-refractivity contribution in [3.8, 4) is 0 Å². The number of aliphatic hydroxyl groups is 1. The van der Waals surface area contributed by atoms with E-state index in [1.165, 1.54) is 6.26 Å². The van der Waals surface area contributed by atoms with Crippen LogP contribution in [0.15, 0.2) is 10.7 Å². The fourth-order valence-electron chi connectivity index (χ4n) is 2.74. The van der Waals surface area contributed by atoms with Crippen LogP contribution in [-0.4, -0.2) is 71.2 Å². The zero-order valence-corrected chi connectivity index (χ0v) is 15.7. The molecular formula is C18H32N4O3. The number of nitrogens with zero attached hydrogens (tertiary/aromatic N) is 3. The quantitative estimate of drug-likeness (QED) is 0.698. The van der Waals surface area contributed by atoms with E-state index in [2.05, 4.69) is 33.9 Å². The van der Waals surface area contributed by atoms with Gasteiger partial charge in [-0.15, -0.1) is 0 Å². The molecule has 0 unspecified atom stereocenters. The lowest BCUT2D eigenvalue weighted by atomic mass is 10.1. The van der Waals surface area contributed by atoms with Gasteiger partial charge in [-0.05, 0) is 12.3 Å². The molecule has 1 aliphatic rings. The van der Waals surface area contributed by atoms with Gasteiger partial charge in [0.25, 0.3) is 5.91 Å². The number of rotatable bonds is 9. The molecule has 2 rings (SSSR count). The van der Waals surface area contributed by atoms with Crippen LogP contribution in [0, 0.1) is 5.92 Å². The first kappa shape index (κ1) is 19.9. The fraction of sp³-hybridized carbons (Fsp3) is 0.778. The molecular weight excluding hydrogens is 320 g/mol. The second-order valence-corrected chi connectivity index (χ2v) is 6.99. The number of piperazine rings is 1. The Bertz CT molecular complexity index is 526. The summed E-state index contributed by atoms with van der Waals surface area (Å²) in [5.41, 5.74) is 0.350. The molecule has 2 atom stereocenters. The van der Waals surface area contributed by atoms with Gasteiger partial charge in [-0.25, -0.2) is 4.98 Å². The average Bonchev–Trinajstić information content (AvgIpc) is 3.09. The van der Waals surface area contributed by atoms with Crippen LogP contribution < -0.4 is 5.32 Å². The van der Waals surface area contributed by atoms with Gasteiger partial charge in [-0.1, -0.05) is 27.2 Å². The molecule has 0 saturated carbocycles. The third-order valence-electron chi connectivity index (χ3n) is 4.86. The number of aliphatic hydroxyl groups excluding tert-OH is 1. The minimum atomic E-state index is -0.241. The summed E-state index contributed by atoms with van der Waals surface area (Å²) < 4.78 is 5.46. The van der Waals surface area contributed by atoms with Crippen molar-refractivity contribution in [1.29, 1.82) is 0 Å². The van der Waals surface area contributed by atoms with Crippen molar-refractivity contribution < 1.29 is 14.3 Å². The van der Waals surface area contributed by atoms with E-state index in [0.717, 1.165) is 45.6 Å². The molecule has 25 heavy (non-hydrogen) atoms. The van der Waals surface area contributed by atoms with E-state index >= 15 is 0 Å². The average molecular weight is 352 g/mol. The van der Waals surface area contributed by atoms with E-state index in [9.17, 15) is 9.90 Å². The van der Waals surface area contributed by atoms with Crippen molar-refractivity contribution >= 4 is 5.91 Å². The van der Waals surface area contributed by atoms with E-state index in [1.54, 1.807) is 0 Å². The highest BCUT2D eigenvalue weighted by molar-refractivity contribution is 5.91. The predicted molar refractivity (Wildman–Crippen MR) is 96.3 cm³/mol. The van der Waals surface area contributed by atoms with Crippen LogP contribution in [0.25, 0.3) is 0 Å². The first-order valence-electron chi connectivity index (χ1n) is 9.37. The van der Waals surface area contributed by atoms with E-state index in [4.69, 9.17) is 4.42 Å². The largest absolute Gasteiger partial charge is 0.447 e. The van der Waals surface area contributed by atoms with Gasteiger partial charge >= 0.3 is 0 Å². The summed E-state index contributed by atoms with van der Waals surface area (Å²) in [5, 5.41) is 12.6. The van der Waals surface area contributed by atoms with E-state index in [0.29, 0.717) is 30.6 Å². The molecule has 142 valence electrons. The molecule has 7 nitrogen and oxygen atoms in total. The Labute approximate surface area is 150 Å². The maximum atomic E-state index is 12.1. The maximum Gasteiger partial charge on any atom is 0.273 e. The van der Waals surface area contributed by atoms with Gasteiger partial charge in [-0.3, -0.25) is 14.6 Å². The topological polar surface area (TPSA) is 81.8 Å². The normalized spacial score (nSPS) is 18.9. The summed E-state index contributed by atoms with van der Waals surface area (Å²) in [6.07, 6.45) is 3.02. The van der Waals surface area contributed by atoms with Crippen molar-refractivity contribution in [1.82, 2.24) is 20.1 Å². The number of β-amino-alcohol motifs (C(OH)–C–C–N with tert-alkyl or cyclic N) is 1. The van der Waals surface area contributed by atoms with Crippen molar-refractivity contribution in [2.45, 2.75) is 46.3 Å². The van der Waals surface area contributed by atoms with Gasteiger partial charge in [0, 0.05) is 39.3 Å². The molecule has 0 aliphatic carbocycles. The second-order valence-electron chi connectivity index (χ2n) is 6.99. The molecule has 1 aliphatic heterocycles. The van der Waals surface area contributed by atoms with Crippen molar-refractivity contribution in [3.05, 3.63) is 17.8 Å². The fourth-order valence-corrected chi connectivity index (χ4v) is 2.74. The molecule has 0 bridgehead atoms. The number of oxazole rings is 1. The number of aromatic nitrogens is 1. The van der Waals surface area contributed by atoms with Gasteiger partial charge in [0.15, 0.2) is 5.69 Å². The molecule has 1 saturated heterocycles. The third-order valence-corrected chi connectivity index (χ3v) is 4.86. The van der Waals surface area contributed by atoms with Crippen LogP contribution in [0.5, 0.6) is 0 Å². The molecule has 1 aromatic rings. The SMILES string of the molecule is CC[C@H](C)CNC(=O)c1coc(CN2CCN(C[C@H](O)CC)CC2)n1. The van der Waals surface area contributed by atoms with Crippen LogP contribution in [0.3, 0.4) is 0 Å². The van der Waals surface area contributed by atoms with Gasteiger partial charge in [0.2, 0.25) is 5.89 Å². The van der Waals surface area contributed by atoms with Gasteiger partial charge < -0.3 is 14.8 Å². The van der Waals surface area contributed by atoms with Crippen molar-refractivity contribution in [2.75, 3.05) is 39.3 Å². The van der Waals surface area contributed by atoms with E-state index in [-0.39, 0.29) is 12.0 Å². The molecule has 0 aromatic carbocycles. The minimum Gasteiger partial charge on any atom is -0.447 e. The molecule has 2 heterocycles. The summed E-state index contributed by atoms with van der Waals surface area (Å²) in [4.78, 5) is 20.9. The lowest BCUT2D eigenvalue weighted by molar-refractivity contribution is 0.0658. The highest BCUT2D eigenvalue weighted by atomic mass is 16.3. The number of carbonyl (C=O) groups is 1. The number of hydrogen-bond acceptors (Lipinski definition) is 6. The highest BCUT2D eigenvalue weighted by Crippen LogP contribution is 2.10. The zero-order chi connectivity index (χ0) is 18.2. The Kier molecular flexibility index (Phi) is 7.87. The summed E-state index contributed by atoms with van der Waals surface area (Å²) in [6, 6.07) is 0. The molecule has 1 amide bonds. The van der Waals surface area contributed by atoms with Crippen molar-refractivity contribution in [3.63, 3.8) is 0 Å². The Morgan fingerprint density at radius 3 is 2.60 bits per heavy atom. The summed E-state index contributed by atoms with van der Waals surface area (Å²) in [7, 11) is 0. The monoisotopic (exact) mass is 352 g/mol. The van der Waals surface area contributed by atoms with Crippen LogP contribution in [-0.2, 0) is 6.54 Å². The number of nitrogens with one attached hydrogen (secondary N) is 1. The summed E-state index contributed by atoms with van der Waals surface area (Å²) >= 11 is 0. The zero-order valence-electron chi connectivity index (χ0n) is 15.7. The lowest BCUT2D eigenvalue weighted by Gasteiger charge is -2.34. The Morgan fingerprint density at radius 2 is 1.96 bits per heavy atom. The Hall–Kier alpha value is -1.44. The third kappa shape index (κ3) is 6.41. The molecule has 2 N–H and O–H groups in total. The van der Waals surface area contributed by atoms with Crippen LogP contribution >= 0.6 is 0 Å². The van der Waals surface area contributed by atoms with Crippen LogP contribution in [0.1, 0.15) is 50.0 Å². The summed E-state index contributed by atoms with van der Waals surface area (Å²) in [5.74, 6) is 0.863. The molecule has 1 aromatic heterocycles. The standard InChI is InChI=1S/C18H32N4O3/c1-4-14(3)10-19-18(24)16-13-25-17(20-16)12-22-8-6-21(7-9-22)11-15(23)5-2/h13-15,23H,4-12H2,1-3H3,(H,19,24)/t14-,15+/m0/s1. The lowest BCUT2D eigenvalue weighted by Crippen LogP contribution is -2.48. The molecule has 0 radical (unpaired) electrons. The van der Waals surface area contributed by atoms with Gasteiger partial charge in [-0.2, -0.15) is 0 Å². The molecule has 0 spiro atoms. The number of carbonyl (C=O) groups excluding carboxylic acids is 1. The summed E-state index contributed by atoms with van der Waals surface area (Å²) in [6.45, 7) is 11.9. The second kappa shape index (κ2) is 9.89. The Balaban J connectivity index is 1.75. The van der Waals surface area contributed by atoms with Crippen molar-refractivity contribution in [2.24, 2.45) is 5.92 Å². The first-order valence-corrected chi connectivity index (χ1v) is 9.37. The number of amides is 1. The van der Waals surface area contributed by atoms with Gasteiger partial charge in [0.05, 0.1) is 12.6 Å². The van der Waals surface area contributed by atoms with E-state index in [1.807, 2.05) is 6.92 Å². The highest BCUT2D eigenvalue weighted by Gasteiger charge is 2.21. The minimum absolute atomic E-state index is 0.173. The maximum absolute atomic E-state index is 12.1. The smallest absolute Gasteiger partial charge is 0.273 e. The molecule has 7 heteroatoms. The predicted octanol–water partition coefficient (Wildman–Crippen LogP) is 1.34. The number of hydrogen-bond donors (Lipinski definition) is 2.